The summed E-state index contributed by atoms with van der Waals surface area (Å²) < 4.78 is 59.8. The minimum Gasteiger partial charge on any atom is -0.378 e. The third-order valence-corrected chi connectivity index (χ3v) is 4.96. The molecule has 1 aliphatic heterocycles. The van der Waals surface area contributed by atoms with Crippen LogP contribution in [0.15, 0.2) is 0 Å². The molecule has 0 aromatic rings. The lowest BCUT2D eigenvalue weighted by molar-refractivity contribution is -0.0701. The van der Waals surface area contributed by atoms with E-state index in [0.29, 0.717) is 26.2 Å². The minimum atomic E-state index is -4.12. The Morgan fingerprint density at radius 2 is 1.00 bits per heavy atom. The third kappa shape index (κ3) is 7.78. The van der Waals surface area contributed by atoms with E-state index in [1.807, 2.05) is 0 Å². The van der Waals surface area contributed by atoms with Gasteiger partial charge in [-0.2, -0.15) is 16.8 Å². The van der Waals surface area contributed by atoms with Crippen LogP contribution in [-0.4, -0.2) is 96.1 Å². The van der Waals surface area contributed by atoms with Gasteiger partial charge in [0.05, 0.1) is 11.5 Å². The summed E-state index contributed by atoms with van der Waals surface area (Å²) in [5, 5.41) is 19.7. The van der Waals surface area contributed by atoms with Crippen molar-refractivity contribution in [1.82, 2.24) is 9.80 Å². The average Bonchev–Trinajstić information content (AvgIpc) is 2.40. The Hall–Kier alpha value is -0.340. The average molecular weight is 362 g/mol. The second kappa shape index (κ2) is 7.97. The van der Waals surface area contributed by atoms with Crippen molar-refractivity contribution in [3.8, 4) is 0 Å². The zero-order valence-electron chi connectivity index (χ0n) is 11.9. The van der Waals surface area contributed by atoms with Gasteiger partial charge in [-0.25, -0.2) is 0 Å². The Morgan fingerprint density at radius 1 is 0.727 bits per heavy atom. The molecule has 0 saturated carbocycles. The molecular weight excluding hydrogens is 340 g/mol. The summed E-state index contributed by atoms with van der Waals surface area (Å²) in [4.78, 5) is 3.22. The van der Waals surface area contributed by atoms with Crippen molar-refractivity contribution in [2.45, 2.75) is 25.3 Å². The minimum absolute atomic E-state index is 0.121. The summed E-state index contributed by atoms with van der Waals surface area (Å²) >= 11 is 0. The summed E-state index contributed by atoms with van der Waals surface area (Å²) in [6.07, 6.45) is -2.27. The highest BCUT2D eigenvalue weighted by Crippen LogP contribution is 2.12. The molecule has 0 amide bonds. The normalized spacial score (nSPS) is 21.6. The predicted molar refractivity (Wildman–Crippen MR) is 77.2 cm³/mol. The van der Waals surface area contributed by atoms with E-state index >= 15 is 0 Å². The van der Waals surface area contributed by atoms with Crippen LogP contribution in [-0.2, 0) is 20.2 Å². The maximum atomic E-state index is 10.6. The lowest BCUT2D eigenvalue weighted by atomic mass is 10.2. The molecule has 0 spiro atoms. The van der Waals surface area contributed by atoms with Gasteiger partial charge >= 0.3 is 0 Å². The highest BCUT2D eigenvalue weighted by Gasteiger charge is 2.26. The molecule has 1 heterocycles. The maximum Gasteiger partial charge on any atom is 0.265 e. The van der Waals surface area contributed by atoms with Crippen molar-refractivity contribution in [1.29, 1.82) is 0 Å². The smallest absolute Gasteiger partial charge is 0.265 e. The predicted octanol–water partition coefficient (Wildman–Crippen LogP) is -2.20. The molecule has 10 nitrogen and oxygen atoms in total. The quantitative estimate of drug-likeness (QED) is 0.349. The van der Waals surface area contributed by atoms with Gasteiger partial charge < -0.3 is 10.2 Å². The van der Waals surface area contributed by atoms with E-state index in [9.17, 15) is 27.0 Å². The Kier molecular flexibility index (Phi) is 7.14. The molecule has 132 valence electrons. The third-order valence-electron chi connectivity index (χ3n) is 3.46. The zero-order chi connectivity index (χ0) is 17.0. The molecule has 12 heteroatoms. The molecule has 1 aliphatic rings. The van der Waals surface area contributed by atoms with Gasteiger partial charge in [-0.05, 0) is 0 Å². The van der Waals surface area contributed by atoms with E-state index in [2.05, 4.69) is 0 Å². The van der Waals surface area contributed by atoms with E-state index in [1.165, 1.54) is 0 Å². The Balaban J connectivity index is 2.36. The Bertz CT molecular complexity index is 491. The summed E-state index contributed by atoms with van der Waals surface area (Å²) in [5.41, 5.74) is 0. The van der Waals surface area contributed by atoms with Crippen LogP contribution in [0.25, 0.3) is 0 Å². The summed E-state index contributed by atoms with van der Waals surface area (Å²) in [6, 6.07) is 0. The van der Waals surface area contributed by atoms with E-state index < -0.39 is 44.2 Å². The summed E-state index contributed by atoms with van der Waals surface area (Å²) in [6.45, 7) is 1.43. The second-order valence-corrected chi connectivity index (χ2v) is 8.33. The van der Waals surface area contributed by atoms with Crippen LogP contribution in [0.2, 0.25) is 0 Å². The first-order valence-electron chi connectivity index (χ1n) is 6.72. The SMILES string of the molecule is O=S(=O)(O)CCC(O)N1CCN(C(O)CCS(=O)(=O)O)CC1. The van der Waals surface area contributed by atoms with Crippen molar-refractivity contribution in [3.05, 3.63) is 0 Å². The molecule has 22 heavy (non-hydrogen) atoms. The second-order valence-electron chi connectivity index (χ2n) is 5.18. The van der Waals surface area contributed by atoms with Gasteiger partial charge in [-0.1, -0.05) is 0 Å². The first-order chi connectivity index (χ1) is 9.98. The highest BCUT2D eigenvalue weighted by atomic mass is 32.2. The Labute approximate surface area is 129 Å². The lowest BCUT2D eigenvalue weighted by Crippen LogP contribution is -2.53. The topological polar surface area (TPSA) is 156 Å². The molecule has 2 atom stereocenters. The fourth-order valence-corrected chi connectivity index (χ4v) is 3.22. The van der Waals surface area contributed by atoms with Crippen molar-refractivity contribution >= 4 is 20.2 Å². The molecule has 1 fully saturated rings. The fourth-order valence-electron chi connectivity index (χ4n) is 2.21. The van der Waals surface area contributed by atoms with Crippen molar-refractivity contribution in [2.24, 2.45) is 0 Å². The number of hydrogen-bond donors (Lipinski definition) is 4. The number of aliphatic hydroxyl groups excluding tert-OH is 2. The van der Waals surface area contributed by atoms with Gasteiger partial charge in [0.15, 0.2) is 0 Å². The summed E-state index contributed by atoms with van der Waals surface area (Å²) in [5.74, 6) is -1.07. The van der Waals surface area contributed by atoms with Crippen LogP contribution >= 0.6 is 0 Å². The van der Waals surface area contributed by atoms with Crippen LogP contribution in [0.5, 0.6) is 0 Å². The lowest BCUT2D eigenvalue weighted by Gasteiger charge is -2.39. The van der Waals surface area contributed by atoms with Gasteiger partial charge in [0, 0.05) is 39.0 Å². The van der Waals surface area contributed by atoms with Crippen LogP contribution < -0.4 is 0 Å². The molecule has 4 N–H and O–H groups in total. The van der Waals surface area contributed by atoms with E-state index in [-0.39, 0.29) is 12.8 Å². The van der Waals surface area contributed by atoms with Gasteiger partial charge in [-0.15, -0.1) is 0 Å². The largest absolute Gasteiger partial charge is 0.378 e. The number of rotatable bonds is 8. The van der Waals surface area contributed by atoms with Crippen molar-refractivity contribution in [2.75, 3.05) is 37.7 Å². The first kappa shape index (κ1) is 19.7. The number of hydrogen-bond acceptors (Lipinski definition) is 8. The molecule has 0 aromatic heterocycles. The maximum absolute atomic E-state index is 10.6. The van der Waals surface area contributed by atoms with Crippen molar-refractivity contribution < 1.29 is 36.2 Å². The first-order valence-corrected chi connectivity index (χ1v) is 9.94. The number of nitrogens with zero attached hydrogens (tertiary/aromatic N) is 2. The molecule has 2 unspecified atom stereocenters. The standard InChI is InChI=1S/C10H22N2O8S2/c13-9(1-7-21(15,16)17)11-3-5-12(6-4-11)10(14)2-8-22(18,19)20/h9-10,13-14H,1-8H2,(H,15,16,17)(H,18,19,20). The molecule has 1 rings (SSSR count). The monoisotopic (exact) mass is 362 g/mol. The number of piperazine rings is 1. The fraction of sp³-hybridized carbons (Fsp3) is 1.00. The van der Waals surface area contributed by atoms with Gasteiger partial charge in [-0.3, -0.25) is 18.9 Å². The van der Waals surface area contributed by atoms with E-state index in [0.717, 1.165) is 0 Å². The zero-order valence-corrected chi connectivity index (χ0v) is 13.6. The number of aliphatic hydroxyl groups is 2. The van der Waals surface area contributed by atoms with Crippen molar-refractivity contribution in [3.63, 3.8) is 0 Å². The molecule has 0 bridgehead atoms. The molecule has 1 saturated heterocycles. The molecule has 0 aliphatic carbocycles. The van der Waals surface area contributed by atoms with Gasteiger partial charge in [0.25, 0.3) is 20.2 Å². The molecule has 0 aromatic carbocycles. The van der Waals surface area contributed by atoms with Gasteiger partial charge in [0.1, 0.15) is 12.5 Å². The summed E-state index contributed by atoms with van der Waals surface area (Å²) in [7, 11) is -8.24. The van der Waals surface area contributed by atoms with Gasteiger partial charge in [0.2, 0.25) is 0 Å². The van der Waals surface area contributed by atoms with Crippen LogP contribution in [0.4, 0.5) is 0 Å². The highest BCUT2D eigenvalue weighted by molar-refractivity contribution is 7.86. The van der Waals surface area contributed by atoms with E-state index in [1.54, 1.807) is 9.80 Å². The molecular formula is C10H22N2O8S2. The van der Waals surface area contributed by atoms with Crippen LogP contribution in [0.3, 0.4) is 0 Å². The van der Waals surface area contributed by atoms with E-state index in [4.69, 9.17) is 9.11 Å². The molecule has 0 radical (unpaired) electrons. The Morgan fingerprint density at radius 3 is 1.23 bits per heavy atom. The van der Waals surface area contributed by atoms with Crippen LogP contribution in [0.1, 0.15) is 12.8 Å². The van der Waals surface area contributed by atoms with Crippen LogP contribution in [0, 0.1) is 0 Å².